The van der Waals surface area contributed by atoms with Crippen molar-refractivity contribution in [1.29, 1.82) is 0 Å². The van der Waals surface area contributed by atoms with Crippen molar-refractivity contribution >= 4 is 36.7 Å². The standard InChI is InChI=1S/C9H14BO7P.C7H13BNO6P/c1-5(11)4-16-8-7(12)6(17-9(8)10)2-3-18(13,14)15;8-7-6(14-3-9)5(10)4(15-7)1-2-16(11,12)13/h2-3,6-9,12H,4H2,1H3,(H2,13,14,15);1-2,4-7,10H,3,9H2,(H2,11,12,13)/b3-2+;2-1+/t6-,7?,8+,9-;4-,5?,6+,7-/m11/s1. The van der Waals surface area contributed by atoms with Crippen LogP contribution in [0.2, 0.25) is 0 Å². The molecule has 0 bridgehead atoms. The fourth-order valence-electron chi connectivity index (χ4n) is 2.87. The molecule has 2 fully saturated rings. The molecule has 2 unspecified atom stereocenters. The van der Waals surface area contributed by atoms with Crippen molar-refractivity contribution in [1.82, 2.24) is 0 Å². The van der Waals surface area contributed by atoms with Crippen LogP contribution < -0.4 is 5.73 Å². The van der Waals surface area contributed by atoms with E-state index in [2.05, 4.69) is 0 Å². The van der Waals surface area contributed by atoms with Gasteiger partial charge in [-0.05, 0) is 19.1 Å². The maximum absolute atomic E-state index is 10.7. The molecule has 190 valence electrons. The third kappa shape index (κ3) is 10.9. The largest absolute Gasteiger partial charge is 0.387 e. The summed E-state index contributed by atoms with van der Waals surface area (Å²) in [5.41, 5.74) is 5.13. The van der Waals surface area contributed by atoms with Gasteiger partial charge in [-0.3, -0.25) is 13.9 Å². The normalized spacial score (nSPS) is 34.5. The first-order valence-electron chi connectivity index (χ1n) is 9.66. The molecular formula is C16H27B2NO13P2. The van der Waals surface area contributed by atoms with Crippen molar-refractivity contribution in [2.45, 2.75) is 55.6 Å². The fourth-order valence-corrected chi connectivity index (χ4v) is 3.65. The van der Waals surface area contributed by atoms with Crippen LogP contribution in [0.15, 0.2) is 23.8 Å². The summed E-state index contributed by atoms with van der Waals surface area (Å²) >= 11 is 0. The molecule has 14 nitrogen and oxygen atoms in total. The van der Waals surface area contributed by atoms with Gasteiger partial charge in [0.2, 0.25) is 0 Å². The second-order valence-corrected chi connectivity index (χ2v) is 10.2. The van der Waals surface area contributed by atoms with Crippen LogP contribution in [0.25, 0.3) is 0 Å². The Hall–Kier alpha value is -0.700. The predicted octanol–water partition coefficient (Wildman–Crippen LogP) is -2.86. The number of aliphatic hydroxyl groups is 2. The molecule has 0 aromatic heterocycles. The summed E-state index contributed by atoms with van der Waals surface area (Å²) in [6.45, 7) is 0.973. The smallest absolute Gasteiger partial charge is 0.348 e. The van der Waals surface area contributed by atoms with Crippen LogP contribution in [0.4, 0.5) is 0 Å². The summed E-state index contributed by atoms with van der Waals surface area (Å²) in [6.07, 6.45) is -3.84. The molecule has 0 amide bonds. The lowest BCUT2D eigenvalue weighted by Gasteiger charge is -2.17. The second kappa shape index (κ2) is 13.6. The Labute approximate surface area is 198 Å². The zero-order valence-electron chi connectivity index (χ0n) is 18.0. The Morgan fingerprint density at radius 2 is 1.29 bits per heavy atom. The molecule has 0 aromatic carbocycles. The van der Waals surface area contributed by atoms with E-state index in [-0.39, 0.29) is 19.1 Å². The van der Waals surface area contributed by atoms with E-state index in [1.165, 1.54) is 6.92 Å². The predicted molar refractivity (Wildman–Crippen MR) is 118 cm³/mol. The van der Waals surface area contributed by atoms with Gasteiger partial charge in [0, 0.05) is 23.6 Å². The van der Waals surface area contributed by atoms with Gasteiger partial charge in [-0.2, -0.15) is 0 Å². The molecule has 2 rings (SSSR count). The summed E-state index contributed by atoms with van der Waals surface area (Å²) in [7, 11) is 2.43. The number of aliphatic hydroxyl groups excluding tert-OH is 2. The Morgan fingerprint density at radius 3 is 1.62 bits per heavy atom. The van der Waals surface area contributed by atoms with Gasteiger partial charge in [-0.1, -0.05) is 0 Å². The van der Waals surface area contributed by atoms with Gasteiger partial charge in [-0.25, -0.2) is 0 Å². The molecule has 0 saturated carbocycles. The molecule has 0 spiro atoms. The van der Waals surface area contributed by atoms with Crippen LogP contribution in [-0.4, -0.2) is 113 Å². The molecule has 2 saturated heterocycles. The van der Waals surface area contributed by atoms with Crippen LogP contribution in [0, 0.1) is 0 Å². The summed E-state index contributed by atoms with van der Waals surface area (Å²) in [4.78, 5) is 45.3. The first-order valence-corrected chi connectivity index (χ1v) is 13.0. The van der Waals surface area contributed by atoms with E-state index >= 15 is 0 Å². The number of carbonyl (C=O) groups is 1. The van der Waals surface area contributed by atoms with Gasteiger partial charge < -0.3 is 54.5 Å². The molecule has 0 aromatic rings. The van der Waals surface area contributed by atoms with Gasteiger partial charge in [0.05, 0.1) is 6.73 Å². The third-order valence-electron chi connectivity index (χ3n) is 4.33. The van der Waals surface area contributed by atoms with E-state index < -0.39 is 63.8 Å². The molecule has 34 heavy (non-hydrogen) atoms. The number of carbonyl (C=O) groups excluding carboxylic acids is 1. The van der Waals surface area contributed by atoms with Gasteiger partial charge in [0.15, 0.2) is 5.78 Å². The molecule has 2 heterocycles. The van der Waals surface area contributed by atoms with Gasteiger partial charge in [-0.15, -0.1) is 0 Å². The zero-order chi connectivity index (χ0) is 26.3. The molecule has 2 aliphatic rings. The van der Waals surface area contributed by atoms with E-state index in [4.69, 9.17) is 59.9 Å². The lowest BCUT2D eigenvalue weighted by Crippen LogP contribution is -2.36. The van der Waals surface area contributed by atoms with E-state index in [0.29, 0.717) is 11.6 Å². The summed E-state index contributed by atoms with van der Waals surface area (Å²) in [5.74, 6) is 1.04. The Bertz CT molecular complexity index is 819. The molecule has 2 aliphatic heterocycles. The van der Waals surface area contributed by atoms with Crippen molar-refractivity contribution in [3.8, 4) is 0 Å². The highest BCUT2D eigenvalue weighted by Gasteiger charge is 2.41. The molecular weight excluding hydrogens is 498 g/mol. The maximum atomic E-state index is 10.7. The first kappa shape index (κ1) is 31.3. The molecule has 18 heteroatoms. The van der Waals surface area contributed by atoms with Crippen LogP contribution in [0.1, 0.15) is 6.92 Å². The van der Waals surface area contributed by atoms with Crippen molar-refractivity contribution in [3.63, 3.8) is 0 Å². The lowest BCUT2D eigenvalue weighted by atomic mass is 9.93. The summed E-state index contributed by atoms with van der Waals surface area (Å²) in [6, 6.07) is -1.85. The summed E-state index contributed by atoms with van der Waals surface area (Å²) < 4.78 is 41.3. The topological polar surface area (TPSA) is 236 Å². The minimum atomic E-state index is -4.32. The number of hydrogen-bond acceptors (Lipinski definition) is 10. The highest BCUT2D eigenvalue weighted by molar-refractivity contribution is 7.55. The Morgan fingerprint density at radius 1 is 0.912 bits per heavy atom. The summed E-state index contributed by atoms with van der Waals surface area (Å²) in [5, 5.41) is 19.4. The number of ketones is 1. The van der Waals surface area contributed by atoms with E-state index in [0.717, 1.165) is 12.2 Å². The van der Waals surface area contributed by atoms with Crippen LogP contribution >= 0.6 is 15.2 Å². The van der Waals surface area contributed by atoms with Crippen molar-refractivity contribution in [2.75, 3.05) is 13.3 Å². The quantitative estimate of drug-likeness (QED) is 0.0912. The van der Waals surface area contributed by atoms with Crippen molar-refractivity contribution in [2.24, 2.45) is 5.73 Å². The third-order valence-corrected chi connectivity index (χ3v) is 5.45. The molecule has 8 atom stereocenters. The fraction of sp³-hybridized carbons (Fsp3) is 0.688. The minimum absolute atomic E-state index is 0.131. The Kier molecular flexibility index (Phi) is 12.5. The number of hydrogen-bond donors (Lipinski definition) is 7. The maximum Gasteiger partial charge on any atom is 0.348 e. The van der Waals surface area contributed by atoms with Crippen LogP contribution in [0.3, 0.4) is 0 Å². The van der Waals surface area contributed by atoms with Crippen LogP contribution in [0.5, 0.6) is 0 Å². The molecule has 0 aliphatic carbocycles. The number of ether oxygens (including phenoxy) is 4. The average Bonchev–Trinajstić information content (AvgIpc) is 3.12. The SMILES string of the molecule is [B][C@@H]1O[C@H](/C=C/P(=O)(O)O)C(O)[C@@H]1OCC(C)=O.[B][C@@H]1O[C@H](/C=C/P(=O)(O)O)C(O)[C@@H]1OCN. The lowest BCUT2D eigenvalue weighted by molar-refractivity contribution is -0.125. The first-order chi connectivity index (χ1) is 15.6. The molecule has 4 radical (unpaired) electrons. The highest BCUT2D eigenvalue weighted by Crippen LogP contribution is 2.38. The average molecular weight is 525 g/mol. The number of rotatable bonds is 9. The second-order valence-electron chi connectivity index (χ2n) is 7.25. The van der Waals surface area contributed by atoms with E-state index in [1.54, 1.807) is 0 Å². The van der Waals surface area contributed by atoms with E-state index in [1.807, 2.05) is 0 Å². The molecule has 8 N–H and O–H groups in total. The highest BCUT2D eigenvalue weighted by atomic mass is 31.2. The number of Topliss-reactive ketones (excluding diaryl/α,β-unsaturated/α-hetero) is 1. The number of nitrogens with two attached hydrogens (primary N) is 1. The Balaban J connectivity index is 0.000000342. The van der Waals surface area contributed by atoms with Gasteiger partial charge in [0.1, 0.15) is 58.9 Å². The van der Waals surface area contributed by atoms with Crippen LogP contribution in [-0.2, 0) is 32.9 Å². The zero-order valence-corrected chi connectivity index (χ0v) is 19.8. The minimum Gasteiger partial charge on any atom is -0.387 e. The van der Waals surface area contributed by atoms with Gasteiger partial charge >= 0.3 is 15.2 Å². The van der Waals surface area contributed by atoms with Crippen molar-refractivity contribution < 1.29 is 62.7 Å². The van der Waals surface area contributed by atoms with Gasteiger partial charge in [0.25, 0.3) is 0 Å². The van der Waals surface area contributed by atoms with Crippen molar-refractivity contribution in [3.05, 3.63) is 23.8 Å². The monoisotopic (exact) mass is 525 g/mol. The van der Waals surface area contributed by atoms with E-state index in [9.17, 15) is 24.1 Å².